The molecule has 0 aromatic rings. The summed E-state index contributed by atoms with van der Waals surface area (Å²) in [6, 6.07) is 0. The van der Waals surface area contributed by atoms with Crippen LogP contribution >= 0.6 is 0 Å². The van der Waals surface area contributed by atoms with Crippen LogP contribution in [0.4, 0.5) is 0 Å². The van der Waals surface area contributed by atoms with Crippen LogP contribution in [0.3, 0.4) is 0 Å². The molecule has 0 amide bonds. The van der Waals surface area contributed by atoms with Crippen molar-refractivity contribution >= 4 is 23.3 Å². The second-order valence-corrected chi connectivity index (χ2v) is 13.7. The molecular weight excluding hydrogens is 512 g/mol. The largest absolute Gasteiger partial charge is 0.430 e. The van der Waals surface area contributed by atoms with Gasteiger partial charge >= 0.3 is 5.97 Å². The average molecular weight is 565 g/mol. The summed E-state index contributed by atoms with van der Waals surface area (Å²) in [6.45, 7) is 22.7. The summed E-state index contributed by atoms with van der Waals surface area (Å²) < 4.78 is 5.93. The molecule has 1 fully saturated rings. The van der Waals surface area contributed by atoms with Gasteiger partial charge in [0.05, 0.1) is 5.41 Å². The van der Waals surface area contributed by atoms with Gasteiger partial charge in [-0.2, -0.15) is 0 Å². The Kier molecular flexibility index (Phi) is 10.9. The highest BCUT2D eigenvalue weighted by atomic mass is 16.5. The zero-order chi connectivity index (χ0) is 31.5. The molecule has 0 saturated heterocycles. The predicted octanol–water partition coefficient (Wildman–Crippen LogP) is 8.60. The topological polar surface area (TPSA) is 77.5 Å². The van der Waals surface area contributed by atoms with Gasteiger partial charge in [-0.25, -0.2) is 0 Å². The maximum atomic E-state index is 15.3. The van der Waals surface area contributed by atoms with Gasteiger partial charge < -0.3 is 4.74 Å². The van der Waals surface area contributed by atoms with E-state index in [1.165, 1.54) is 6.92 Å². The number of ether oxygens (including phenoxy) is 1. The summed E-state index contributed by atoms with van der Waals surface area (Å²) in [5.41, 5.74) is 0.302. The van der Waals surface area contributed by atoms with E-state index in [-0.39, 0.29) is 35.9 Å². The molecular formula is C36H52O5. The smallest absolute Gasteiger partial charge is 0.307 e. The van der Waals surface area contributed by atoms with Crippen LogP contribution in [0.5, 0.6) is 0 Å². The standard InChI is InChI=1S/C36H52O5/c1-22(2)13-15-28-21-35(20-18-25(7)8)32(41-27(11)37)29(16-14-23(3)4)31(39)36(33(35)40,30(38)26(9)10)34(28,12)19-17-24(5)6/h13-14,17-18,26,28H,15-16,19-21H2,1-12H3/t28-,34+,35-,36+/m0/s1. The fourth-order valence-corrected chi connectivity index (χ4v) is 6.68. The molecule has 0 heterocycles. The monoisotopic (exact) mass is 564 g/mol. The molecule has 5 heteroatoms. The molecule has 0 aromatic carbocycles. The zero-order valence-corrected chi connectivity index (χ0v) is 27.5. The first kappa shape index (κ1) is 34.4. The third-order valence-corrected chi connectivity index (χ3v) is 8.91. The molecule has 1 saturated carbocycles. The Bertz CT molecular complexity index is 1240. The molecule has 2 rings (SSSR count). The van der Waals surface area contributed by atoms with Crippen molar-refractivity contribution in [3.63, 3.8) is 0 Å². The third-order valence-electron chi connectivity index (χ3n) is 8.91. The molecule has 0 N–H and O–H groups in total. The Balaban J connectivity index is 3.26. The van der Waals surface area contributed by atoms with E-state index in [1.807, 2.05) is 74.5 Å². The summed E-state index contributed by atoms with van der Waals surface area (Å²) in [6.07, 6.45) is 9.97. The van der Waals surface area contributed by atoms with Gasteiger partial charge in [-0.15, -0.1) is 0 Å². The number of esters is 1. The molecule has 2 aliphatic carbocycles. The van der Waals surface area contributed by atoms with Crippen molar-refractivity contribution in [2.24, 2.45) is 28.1 Å². The molecule has 5 nitrogen and oxygen atoms in total. The summed E-state index contributed by atoms with van der Waals surface area (Å²) in [5, 5.41) is 0. The van der Waals surface area contributed by atoms with Gasteiger partial charge in [0.15, 0.2) is 22.8 Å². The number of hydrogen-bond acceptors (Lipinski definition) is 5. The van der Waals surface area contributed by atoms with Crippen molar-refractivity contribution in [3.05, 3.63) is 57.9 Å². The van der Waals surface area contributed by atoms with E-state index in [0.717, 1.165) is 22.3 Å². The summed E-state index contributed by atoms with van der Waals surface area (Å²) in [5.74, 6) is -2.40. The lowest BCUT2D eigenvalue weighted by atomic mass is 9.38. The number of carbonyl (C=O) groups excluding carboxylic acids is 4. The number of allylic oxidation sites excluding steroid dienone is 10. The van der Waals surface area contributed by atoms with Gasteiger partial charge in [-0.05, 0) is 93.4 Å². The number of fused-ring (bicyclic) bond motifs is 2. The van der Waals surface area contributed by atoms with Gasteiger partial charge in [0.25, 0.3) is 0 Å². The van der Waals surface area contributed by atoms with Crippen molar-refractivity contribution in [1.82, 2.24) is 0 Å². The van der Waals surface area contributed by atoms with Crippen LogP contribution in [-0.2, 0) is 23.9 Å². The Morgan fingerprint density at radius 1 is 0.829 bits per heavy atom. The number of rotatable bonds is 11. The van der Waals surface area contributed by atoms with E-state index in [2.05, 4.69) is 12.2 Å². The molecule has 0 spiro atoms. The summed E-state index contributed by atoms with van der Waals surface area (Å²) in [7, 11) is 0. The Labute approximate surface area is 248 Å². The molecule has 226 valence electrons. The first-order chi connectivity index (χ1) is 18.9. The Morgan fingerprint density at radius 2 is 1.34 bits per heavy atom. The van der Waals surface area contributed by atoms with E-state index in [0.29, 0.717) is 19.3 Å². The highest BCUT2D eigenvalue weighted by Crippen LogP contribution is 2.67. The Morgan fingerprint density at radius 3 is 1.80 bits per heavy atom. The van der Waals surface area contributed by atoms with E-state index < -0.39 is 39.7 Å². The minimum atomic E-state index is -1.89. The number of hydrogen-bond donors (Lipinski definition) is 0. The van der Waals surface area contributed by atoms with E-state index in [1.54, 1.807) is 13.8 Å². The van der Waals surface area contributed by atoms with Crippen molar-refractivity contribution < 1.29 is 23.9 Å². The van der Waals surface area contributed by atoms with Crippen LogP contribution in [-0.4, -0.2) is 23.3 Å². The van der Waals surface area contributed by atoms with Crippen molar-refractivity contribution in [1.29, 1.82) is 0 Å². The first-order valence-electron chi connectivity index (χ1n) is 15.0. The fraction of sp³-hybridized carbons (Fsp3) is 0.611. The van der Waals surface area contributed by atoms with Crippen LogP contribution in [0.25, 0.3) is 0 Å². The minimum Gasteiger partial charge on any atom is -0.430 e. The van der Waals surface area contributed by atoms with Crippen LogP contribution in [0.2, 0.25) is 0 Å². The maximum Gasteiger partial charge on any atom is 0.307 e. The molecule has 4 atom stereocenters. The van der Waals surface area contributed by atoms with Crippen molar-refractivity contribution in [3.8, 4) is 0 Å². The van der Waals surface area contributed by atoms with Gasteiger partial charge in [-0.3, -0.25) is 19.2 Å². The van der Waals surface area contributed by atoms with Crippen LogP contribution in [0.15, 0.2) is 57.9 Å². The van der Waals surface area contributed by atoms with E-state index in [4.69, 9.17) is 4.74 Å². The molecule has 2 aliphatic rings. The Hall–Kier alpha value is -2.82. The lowest BCUT2D eigenvalue weighted by Crippen LogP contribution is -2.71. The van der Waals surface area contributed by atoms with Crippen molar-refractivity contribution in [2.75, 3.05) is 0 Å². The molecule has 0 aromatic heterocycles. The van der Waals surface area contributed by atoms with Crippen LogP contribution in [0.1, 0.15) is 115 Å². The molecule has 0 radical (unpaired) electrons. The van der Waals surface area contributed by atoms with Crippen LogP contribution in [0, 0.1) is 28.1 Å². The van der Waals surface area contributed by atoms with Gasteiger partial charge in [0.1, 0.15) is 5.76 Å². The quantitative estimate of drug-likeness (QED) is 0.143. The lowest BCUT2D eigenvalue weighted by Gasteiger charge is -2.61. The average Bonchev–Trinajstić information content (AvgIpc) is 2.85. The zero-order valence-electron chi connectivity index (χ0n) is 27.5. The maximum absolute atomic E-state index is 15.3. The predicted molar refractivity (Wildman–Crippen MR) is 166 cm³/mol. The summed E-state index contributed by atoms with van der Waals surface area (Å²) in [4.78, 5) is 57.6. The minimum absolute atomic E-state index is 0.147. The van der Waals surface area contributed by atoms with E-state index >= 15 is 9.59 Å². The molecule has 2 bridgehead atoms. The molecule has 0 unspecified atom stereocenters. The number of ketones is 3. The fourth-order valence-electron chi connectivity index (χ4n) is 6.68. The number of carbonyl (C=O) groups is 4. The van der Waals surface area contributed by atoms with Gasteiger partial charge in [0, 0.05) is 23.8 Å². The second-order valence-electron chi connectivity index (χ2n) is 13.7. The van der Waals surface area contributed by atoms with Crippen LogP contribution < -0.4 is 0 Å². The first-order valence-corrected chi connectivity index (χ1v) is 15.0. The lowest BCUT2D eigenvalue weighted by molar-refractivity contribution is -0.180. The van der Waals surface area contributed by atoms with Crippen molar-refractivity contribution in [2.45, 2.75) is 115 Å². The molecule has 41 heavy (non-hydrogen) atoms. The van der Waals surface area contributed by atoms with Gasteiger partial charge in [-0.1, -0.05) is 67.4 Å². The normalized spacial score (nSPS) is 27.3. The highest BCUT2D eigenvalue weighted by molar-refractivity contribution is 6.33. The van der Waals surface area contributed by atoms with Gasteiger partial charge in [0.2, 0.25) is 0 Å². The summed E-state index contributed by atoms with van der Waals surface area (Å²) >= 11 is 0. The van der Waals surface area contributed by atoms with E-state index in [9.17, 15) is 9.59 Å². The second kappa shape index (κ2) is 13.0. The SMILES string of the molecule is CC(=O)OC1=C(CC=C(C)C)C(=O)[C@]2(C(=O)C(C)C)C(=O)[C@@]1(CC=C(C)C)C[C@H](CC=C(C)C)[C@@]2(C)CC=C(C)C. The number of Topliss-reactive ketones (excluding diaryl/α,β-unsaturated/α-hetero) is 3. The third kappa shape index (κ3) is 6.34. The highest BCUT2D eigenvalue weighted by Gasteiger charge is 2.76. The molecule has 0 aliphatic heterocycles.